The van der Waals surface area contributed by atoms with Crippen LogP contribution in [0.2, 0.25) is 0 Å². The van der Waals surface area contributed by atoms with Crippen LogP contribution in [0.4, 0.5) is 0 Å². The summed E-state index contributed by atoms with van der Waals surface area (Å²) in [5.74, 6) is 2.30. The normalized spacial score (nSPS) is 34.4. The van der Waals surface area contributed by atoms with Gasteiger partial charge in [0.25, 0.3) is 0 Å². The predicted octanol–water partition coefficient (Wildman–Crippen LogP) is 3.30. The van der Waals surface area contributed by atoms with Crippen molar-refractivity contribution >= 4 is 11.8 Å². The molecule has 3 atom stereocenters. The minimum Gasteiger partial charge on any atom is -0.486 e. The second kappa shape index (κ2) is 4.46. The van der Waals surface area contributed by atoms with Gasteiger partial charge in [0, 0.05) is 23.3 Å². The number of nitrogens with one attached hydrogen (secondary N) is 1. The summed E-state index contributed by atoms with van der Waals surface area (Å²) >= 11 is 2.04. The molecule has 3 rings (SSSR count). The molecule has 3 heteroatoms. The molecule has 0 aliphatic carbocycles. The predicted molar refractivity (Wildman–Crippen MR) is 77.5 cm³/mol. The molecular weight excluding hydrogens is 242 g/mol. The molecule has 3 unspecified atom stereocenters. The Bertz CT molecular complexity index is 462. The van der Waals surface area contributed by atoms with Crippen molar-refractivity contribution in [1.29, 1.82) is 0 Å². The average Bonchev–Trinajstić information content (AvgIpc) is 2.70. The Morgan fingerprint density at radius 1 is 1.44 bits per heavy atom. The molecular formula is C15H21NOS. The van der Waals surface area contributed by atoms with E-state index in [1.165, 1.54) is 23.3 Å². The summed E-state index contributed by atoms with van der Waals surface area (Å²) in [7, 11) is 2.06. The van der Waals surface area contributed by atoms with Crippen LogP contribution < -0.4 is 10.1 Å². The third kappa shape index (κ3) is 1.84. The van der Waals surface area contributed by atoms with Crippen molar-refractivity contribution in [3.05, 3.63) is 29.3 Å². The molecule has 98 valence electrons. The van der Waals surface area contributed by atoms with Gasteiger partial charge in [0.05, 0.1) is 0 Å². The van der Waals surface area contributed by atoms with E-state index in [4.69, 9.17) is 4.74 Å². The molecule has 2 aliphatic rings. The molecule has 0 amide bonds. The van der Waals surface area contributed by atoms with E-state index in [0.29, 0.717) is 11.3 Å². The van der Waals surface area contributed by atoms with Crippen LogP contribution in [-0.2, 0) is 0 Å². The summed E-state index contributed by atoms with van der Waals surface area (Å²) in [5.41, 5.74) is 2.68. The maximum Gasteiger partial charge on any atom is 0.125 e. The lowest BCUT2D eigenvalue weighted by Gasteiger charge is -2.42. The first-order valence-corrected chi connectivity index (χ1v) is 7.78. The topological polar surface area (TPSA) is 21.3 Å². The molecule has 1 aromatic rings. The van der Waals surface area contributed by atoms with Crippen LogP contribution in [0.15, 0.2) is 18.2 Å². The third-order valence-corrected chi connectivity index (χ3v) is 5.76. The average molecular weight is 263 g/mol. The SMILES string of the molecule is CNC1CC2(CCSC2C)Oc2ccc(C)cc21. The molecule has 2 aliphatic heterocycles. The van der Waals surface area contributed by atoms with Crippen molar-refractivity contribution in [2.24, 2.45) is 0 Å². The van der Waals surface area contributed by atoms with E-state index in [1.807, 2.05) is 11.8 Å². The van der Waals surface area contributed by atoms with Gasteiger partial charge in [-0.05, 0) is 39.1 Å². The first kappa shape index (κ1) is 12.4. The van der Waals surface area contributed by atoms with Gasteiger partial charge in [-0.2, -0.15) is 11.8 Å². The van der Waals surface area contributed by atoms with E-state index >= 15 is 0 Å². The Kier molecular flexibility index (Phi) is 3.07. The number of fused-ring (bicyclic) bond motifs is 1. The maximum atomic E-state index is 6.42. The lowest BCUT2D eigenvalue weighted by atomic mass is 9.83. The Morgan fingerprint density at radius 3 is 2.94 bits per heavy atom. The number of hydrogen-bond donors (Lipinski definition) is 1. The number of rotatable bonds is 1. The molecule has 0 aromatic heterocycles. The van der Waals surface area contributed by atoms with Crippen molar-refractivity contribution in [3.8, 4) is 5.75 Å². The molecule has 2 nitrogen and oxygen atoms in total. The van der Waals surface area contributed by atoms with Gasteiger partial charge in [-0.25, -0.2) is 0 Å². The summed E-state index contributed by atoms with van der Waals surface area (Å²) < 4.78 is 6.42. The fourth-order valence-corrected chi connectivity index (χ4v) is 4.56. The van der Waals surface area contributed by atoms with Gasteiger partial charge in [-0.1, -0.05) is 17.7 Å². The number of aryl methyl sites for hydroxylation is 1. The highest BCUT2D eigenvalue weighted by Crippen LogP contribution is 2.49. The largest absolute Gasteiger partial charge is 0.486 e. The molecule has 1 N–H and O–H groups in total. The number of thioether (sulfide) groups is 1. The highest BCUT2D eigenvalue weighted by atomic mass is 32.2. The van der Waals surface area contributed by atoms with Crippen molar-refractivity contribution in [2.75, 3.05) is 12.8 Å². The summed E-state index contributed by atoms with van der Waals surface area (Å²) in [6.07, 6.45) is 2.26. The first-order chi connectivity index (χ1) is 8.64. The second-order valence-corrected chi connectivity index (χ2v) is 6.97. The summed E-state index contributed by atoms with van der Waals surface area (Å²) in [6.45, 7) is 4.45. The zero-order valence-corrected chi connectivity index (χ0v) is 12.1. The van der Waals surface area contributed by atoms with Gasteiger partial charge in [-0.15, -0.1) is 0 Å². The quantitative estimate of drug-likeness (QED) is 0.840. The third-order valence-electron chi connectivity index (χ3n) is 4.39. The molecule has 0 bridgehead atoms. The molecule has 1 aromatic carbocycles. The van der Waals surface area contributed by atoms with Crippen molar-refractivity contribution in [1.82, 2.24) is 5.32 Å². The van der Waals surface area contributed by atoms with Crippen LogP contribution in [-0.4, -0.2) is 23.7 Å². The summed E-state index contributed by atoms with van der Waals surface area (Å²) in [6, 6.07) is 6.98. The molecule has 1 fully saturated rings. The van der Waals surface area contributed by atoms with E-state index in [9.17, 15) is 0 Å². The molecule has 18 heavy (non-hydrogen) atoms. The van der Waals surface area contributed by atoms with Gasteiger partial charge in [0.2, 0.25) is 0 Å². The van der Waals surface area contributed by atoms with Crippen molar-refractivity contribution in [3.63, 3.8) is 0 Å². The van der Waals surface area contributed by atoms with Crippen LogP contribution in [0.5, 0.6) is 5.75 Å². The van der Waals surface area contributed by atoms with Gasteiger partial charge < -0.3 is 10.1 Å². The van der Waals surface area contributed by atoms with E-state index < -0.39 is 0 Å². The fraction of sp³-hybridized carbons (Fsp3) is 0.600. The molecule has 0 saturated carbocycles. The van der Waals surface area contributed by atoms with E-state index in [1.54, 1.807) is 0 Å². The van der Waals surface area contributed by atoms with E-state index in [0.717, 1.165) is 12.2 Å². The van der Waals surface area contributed by atoms with Crippen LogP contribution in [0, 0.1) is 6.92 Å². The molecule has 0 radical (unpaired) electrons. The molecule has 1 saturated heterocycles. The maximum absolute atomic E-state index is 6.42. The Labute approximate surface area is 113 Å². The Balaban J connectivity index is 2.02. The summed E-state index contributed by atoms with van der Waals surface area (Å²) in [4.78, 5) is 0. The van der Waals surface area contributed by atoms with Gasteiger partial charge in [-0.3, -0.25) is 0 Å². The number of benzene rings is 1. The van der Waals surface area contributed by atoms with Crippen LogP contribution >= 0.6 is 11.8 Å². The van der Waals surface area contributed by atoms with Gasteiger partial charge in [0.15, 0.2) is 0 Å². The highest BCUT2D eigenvalue weighted by molar-refractivity contribution is 8.00. The highest BCUT2D eigenvalue weighted by Gasteiger charge is 2.48. The minimum atomic E-state index is 0.0423. The lowest BCUT2D eigenvalue weighted by Crippen LogP contribution is -2.47. The van der Waals surface area contributed by atoms with Crippen molar-refractivity contribution in [2.45, 2.75) is 43.6 Å². The number of ether oxygens (including phenoxy) is 1. The Morgan fingerprint density at radius 2 is 2.28 bits per heavy atom. The first-order valence-electron chi connectivity index (χ1n) is 6.73. The van der Waals surface area contributed by atoms with Gasteiger partial charge >= 0.3 is 0 Å². The van der Waals surface area contributed by atoms with Crippen molar-refractivity contribution < 1.29 is 4.74 Å². The second-order valence-electron chi connectivity index (χ2n) is 5.52. The van der Waals surface area contributed by atoms with Crippen LogP contribution in [0.3, 0.4) is 0 Å². The monoisotopic (exact) mass is 263 g/mol. The molecule has 1 spiro atoms. The fourth-order valence-electron chi connectivity index (χ4n) is 3.17. The lowest BCUT2D eigenvalue weighted by molar-refractivity contribution is 0.0364. The smallest absolute Gasteiger partial charge is 0.125 e. The van der Waals surface area contributed by atoms with E-state index in [2.05, 4.69) is 44.4 Å². The standard InChI is InChI=1S/C15H21NOS/c1-10-4-5-14-12(8-10)13(16-3)9-15(17-14)6-7-18-11(15)2/h4-5,8,11,13,16H,6-7,9H2,1-3H3. The summed E-state index contributed by atoms with van der Waals surface area (Å²) in [5, 5.41) is 4.06. The Hall–Kier alpha value is -0.670. The van der Waals surface area contributed by atoms with Crippen LogP contribution in [0.25, 0.3) is 0 Å². The van der Waals surface area contributed by atoms with Gasteiger partial charge in [0.1, 0.15) is 11.4 Å². The van der Waals surface area contributed by atoms with E-state index in [-0.39, 0.29) is 5.60 Å². The molecule has 2 heterocycles. The zero-order chi connectivity index (χ0) is 12.8. The number of hydrogen-bond acceptors (Lipinski definition) is 3. The minimum absolute atomic E-state index is 0.0423. The zero-order valence-electron chi connectivity index (χ0n) is 11.3. The van der Waals surface area contributed by atoms with Crippen LogP contribution in [0.1, 0.15) is 36.9 Å².